The monoisotopic (exact) mass is 505 g/mol. The smallest absolute Gasteiger partial charge is 0.251 e. The normalized spacial score (nSPS) is 10.9. The molecular weight excluding hydrogens is 474 g/mol. The molecule has 1 amide bonds. The topological polar surface area (TPSA) is 65.4 Å². The molecule has 3 aromatic carbocycles. The third-order valence-electron chi connectivity index (χ3n) is 6.04. The Balaban J connectivity index is 1.25. The number of nitrogens with zero attached hydrogens (tertiary/aromatic N) is 2. The Hall–Kier alpha value is -3.51. The summed E-state index contributed by atoms with van der Waals surface area (Å²) in [6, 6.07) is 23.0. The van der Waals surface area contributed by atoms with E-state index < -0.39 is 0 Å². The number of ether oxygens (including phenoxy) is 2. The van der Waals surface area contributed by atoms with Gasteiger partial charge in [-0.15, -0.1) is 0 Å². The molecule has 4 rings (SSSR count). The number of hydrogen-bond acceptors (Lipinski definition) is 4. The van der Waals surface area contributed by atoms with Crippen LogP contribution in [-0.4, -0.2) is 35.7 Å². The molecule has 7 heteroatoms. The average molecular weight is 506 g/mol. The number of carbonyl (C=O) groups is 1. The standard InChI is InChI=1S/C29H32ClN3O3/c1-35-26-15-6-7-16-27(26)36-20-10-19-33-25-14-5-4-13-24(25)32-28(33)17-3-2-8-18-31-29(34)22-11-9-12-23(30)21-22/h4-7,9,11-16,21H,2-3,8,10,17-20H2,1H3,(H,31,34). The van der Waals surface area contributed by atoms with Crippen molar-refractivity contribution < 1.29 is 14.3 Å². The molecule has 0 aliphatic heterocycles. The van der Waals surface area contributed by atoms with Gasteiger partial charge in [-0.3, -0.25) is 4.79 Å². The summed E-state index contributed by atoms with van der Waals surface area (Å²) in [5, 5.41) is 3.54. The van der Waals surface area contributed by atoms with Crippen LogP contribution in [0.1, 0.15) is 41.9 Å². The lowest BCUT2D eigenvalue weighted by molar-refractivity contribution is 0.0953. The minimum absolute atomic E-state index is 0.0883. The van der Waals surface area contributed by atoms with Gasteiger partial charge in [0, 0.05) is 30.1 Å². The third kappa shape index (κ3) is 6.79. The first-order valence-corrected chi connectivity index (χ1v) is 12.8. The summed E-state index contributed by atoms with van der Waals surface area (Å²) in [4.78, 5) is 17.1. The van der Waals surface area contributed by atoms with Crippen LogP contribution in [0.5, 0.6) is 11.5 Å². The van der Waals surface area contributed by atoms with Gasteiger partial charge >= 0.3 is 0 Å². The van der Waals surface area contributed by atoms with E-state index in [1.54, 1.807) is 31.4 Å². The number of para-hydroxylation sites is 4. The van der Waals surface area contributed by atoms with E-state index in [0.717, 1.165) is 67.0 Å². The van der Waals surface area contributed by atoms with Gasteiger partial charge < -0.3 is 19.4 Å². The molecule has 0 saturated carbocycles. The van der Waals surface area contributed by atoms with Gasteiger partial charge in [0.05, 0.1) is 24.8 Å². The Morgan fingerprint density at radius 3 is 2.58 bits per heavy atom. The van der Waals surface area contributed by atoms with Crippen molar-refractivity contribution in [2.75, 3.05) is 20.3 Å². The Morgan fingerprint density at radius 1 is 0.944 bits per heavy atom. The van der Waals surface area contributed by atoms with Gasteiger partial charge in [0.25, 0.3) is 5.91 Å². The number of nitrogens with one attached hydrogen (secondary N) is 1. The fourth-order valence-electron chi connectivity index (χ4n) is 4.23. The van der Waals surface area contributed by atoms with Crippen LogP contribution < -0.4 is 14.8 Å². The number of carbonyl (C=O) groups excluding carboxylic acids is 1. The number of unbranched alkanes of at least 4 members (excludes halogenated alkanes) is 2. The number of halogens is 1. The Kier molecular flexibility index (Phi) is 9.22. The minimum atomic E-state index is -0.0883. The number of fused-ring (bicyclic) bond motifs is 1. The predicted octanol–water partition coefficient (Wildman–Crippen LogP) is 6.31. The van der Waals surface area contributed by atoms with E-state index in [1.807, 2.05) is 30.3 Å². The third-order valence-corrected chi connectivity index (χ3v) is 6.27. The first-order chi connectivity index (χ1) is 17.7. The lowest BCUT2D eigenvalue weighted by atomic mass is 10.1. The molecule has 1 heterocycles. The molecule has 0 bridgehead atoms. The molecule has 36 heavy (non-hydrogen) atoms. The van der Waals surface area contributed by atoms with Crippen LogP contribution in [0.25, 0.3) is 11.0 Å². The highest BCUT2D eigenvalue weighted by Crippen LogP contribution is 2.26. The van der Waals surface area contributed by atoms with Crippen LogP contribution in [0.15, 0.2) is 72.8 Å². The number of imidazole rings is 1. The van der Waals surface area contributed by atoms with E-state index in [0.29, 0.717) is 23.7 Å². The van der Waals surface area contributed by atoms with Crippen molar-refractivity contribution in [2.24, 2.45) is 0 Å². The summed E-state index contributed by atoms with van der Waals surface area (Å²) in [5.74, 6) is 2.51. The van der Waals surface area contributed by atoms with Crippen LogP contribution in [0.4, 0.5) is 0 Å². The fourth-order valence-corrected chi connectivity index (χ4v) is 4.42. The van der Waals surface area contributed by atoms with Crippen molar-refractivity contribution in [3.05, 3.63) is 89.2 Å². The van der Waals surface area contributed by atoms with Gasteiger partial charge in [-0.2, -0.15) is 0 Å². The van der Waals surface area contributed by atoms with E-state index in [1.165, 1.54) is 0 Å². The minimum Gasteiger partial charge on any atom is -0.493 e. The highest BCUT2D eigenvalue weighted by atomic mass is 35.5. The van der Waals surface area contributed by atoms with Crippen molar-refractivity contribution in [3.63, 3.8) is 0 Å². The second-order valence-electron chi connectivity index (χ2n) is 8.60. The lowest BCUT2D eigenvalue weighted by Gasteiger charge is -2.12. The molecule has 0 radical (unpaired) electrons. The van der Waals surface area contributed by atoms with Gasteiger partial charge in [-0.1, -0.05) is 48.4 Å². The fraction of sp³-hybridized carbons (Fsp3) is 0.310. The number of benzene rings is 3. The zero-order chi connectivity index (χ0) is 25.2. The Morgan fingerprint density at radius 2 is 1.75 bits per heavy atom. The van der Waals surface area contributed by atoms with Crippen LogP contribution in [0, 0.1) is 0 Å². The summed E-state index contributed by atoms with van der Waals surface area (Å²) in [7, 11) is 1.65. The van der Waals surface area contributed by atoms with Gasteiger partial charge in [-0.25, -0.2) is 4.98 Å². The highest BCUT2D eigenvalue weighted by Gasteiger charge is 2.11. The molecule has 0 spiro atoms. The Bertz CT molecular complexity index is 1290. The van der Waals surface area contributed by atoms with Gasteiger partial charge in [0.15, 0.2) is 11.5 Å². The maximum Gasteiger partial charge on any atom is 0.251 e. The molecular formula is C29H32ClN3O3. The van der Waals surface area contributed by atoms with Crippen molar-refractivity contribution in [2.45, 2.75) is 38.6 Å². The largest absolute Gasteiger partial charge is 0.493 e. The molecule has 1 N–H and O–H groups in total. The number of aromatic nitrogens is 2. The summed E-state index contributed by atoms with van der Waals surface area (Å²) < 4.78 is 13.6. The molecule has 188 valence electrons. The molecule has 0 unspecified atom stereocenters. The average Bonchev–Trinajstić information content (AvgIpc) is 3.26. The van der Waals surface area contributed by atoms with Crippen LogP contribution in [0.3, 0.4) is 0 Å². The molecule has 0 atom stereocenters. The van der Waals surface area contributed by atoms with Crippen LogP contribution in [-0.2, 0) is 13.0 Å². The lowest BCUT2D eigenvalue weighted by Crippen LogP contribution is -2.24. The molecule has 4 aromatic rings. The number of hydrogen-bond donors (Lipinski definition) is 1. The molecule has 1 aromatic heterocycles. The Labute approximate surface area is 217 Å². The van der Waals surface area contributed by atoms with E-state index in [4.69, 9.17) is 26.1 Å². The quantitative estimate of drug-likeness (QED) is 0.216. The first kappa shape index (κ1) is 25.6. The second kappa shape index (κ2) is 13.0. The summed E-state index contributed by atoms with van der Waals surface area (Å²) in [6.45, 7) is 2.07. The summed E-state index contributed by atoms with van der Waals surface area (Å²) in [5.41, 5.74) is 2.76. The zero-order valence-electron chi connectivity index (χ0n) is 20.6. The van der Waals surface area contributed by atoms with Crippen molar-refractivity contribution in [1.82, 2.24) is 14.9 Å². The molecule has 0 aliphatic carbocycles. The van der Waals surface area contributed by atoms with Gasteiger partial charge in [-0.05, 0) is 61.7 Å². The number of amides is 1. The maximum absolute atomic E-state index is 12.2. The molecule has 0 saturated heterocycles. The van der Waals surface area contributed by atoms with E-state index >= 15 is 0 Å². The zero-order valence-corrected chi connectivity index (χ0v) is 21.3. The predicted molar refractivity (Wildman–Crippen MR) is 144 cm³/mol. The maximum atomic E-state index is 12.2. The van der Waals surface area contributed by atoms with Crippen LogP contribution in [0.2, 0.25) is 5.02 Å². The van der Waals surface area contributed by atoms with Crippen molar-refractivity contribution in [3.8, 4) is 11.5 Å². The number of rotatable bonds is 13. The SMILES string of the molecule is COc1ccccc1OCCCn1c(CCCCCNC(=O)c2cccc(Cl)c2)nc2ccccc21. The van der Waals surface area contributed by atoms with E-state index in [-0.39, 0.29) is 5.91 Å². The van der Waals surface area contributed by atoms with Gasteiger partial charge in [0.1, 0.15) is 5.82 Å². The van der Waals surface area contributed by atoms with Crippen molar-refractivity contribution >= 4 is 28.5 Å². The van der Waals surface area contributed by atoms with Crippen LogP contribution >= 0.6 is 11.6 Å². The van der Waals surface area contributed by atoms with Crippen molar-refractivity contribution in [1.29, 1.82) is 0 Å². The molecule has 0 fully saturated rings. The highest BCUT2D eigenvalue weighted by molar-refractivity contribution is 6.30. The van der Waals surface area contributed by atoms with E-state index in [2.05, 4.69) is 28.1 Å². The van der Waals surface area contributed by atoms with E-state index in [9.17, 15) is 4.79 Å². The number of aryl methyl sites for hydroxylation is 2. The van der Waals surface area contributed by atoms with Gasteiger partial charge in [0.2, 0.25) is 0 Å². The molecule has 6 nitrogen and oxygen atoms in total. The summed E-state index contributed by atoms with van der Waals surface area (Å²) >= 11 is 5.97. The summed E-state index contributed by atoms with van der Waals surface area (Å²) in [6.07, 6.45) is 4.69. The second-order valence-corrected chi connectivity index (χ2v) is 9.03. The first-order valence-electron chi connectivity index (χ1n) is 12.4. The molecule has 0 aliphatic rings. The number of methoxy groups -OCH3 is 1.